The summed E-state index contributed by atoms with van der Waals surface area (Å²) < 4.78 is 13.9. The molecule has 0 spiro atoms. The molecule has 2 heterocycles. The lowest BCUT2D eigenvalue weighted by Crippen LogP contribution is -2.57. The predicted octanol–water partition coefficient (Wildman–Crippen LogP) is 6.59. The highest BCUT2D eigenvalue weighted by atomic mass is 35.5. The third-order valence-corrected chi connectivity index (χ3v) is 12.7. The number of carbonyl (C=O) groups is 5. The third kappa shape index (κ3) is 14.3. The van der Waals surface area contributed by atoms with Crippen LogP contribution in [0.3, 0.4) is 0 Å². The first-order valence-electron chi connectivity index (χ1n) is 22.6. The maximum absolute atomic E-state index is 14.6. The Hall–Kier alpha value is -5.48. The number of carbonyl (C=O) groups excluding carboxylic acids is 5. The van der Waals surface area contributed by atoms with E-state index in [0.717, 1.165) is 22.6 Å². The molecule has 1 aliphatic rings. The van der Waals surface area contributed by atoms with E-state index in [1.165, 1.54) is 16.9 Å². The summed E-state index contributed by atoms with van der Waals surface area (Å²) in [5.41, 5.74) is 3.27. The Morgan fingerprint density at radius 2 is 1.51 bits per heavy atom. The Bertz CT molecular complexity index is 2340. The first-order chi connectivity index (χ1) is 31.8. The zero-order valence-electron chi connectivity index (χ0n) is 40.3. The molecule has 1 unspecified atom stereocenters. The highest BCUT2D eigenvalue weighted by Crippen LogP contribution is 2.32. The Kier molecular flexibility index (Phi) is 18.8. The molecule has 0 saturated carbocycles. The molecule has 5 rings (SSSR count). The van der Waals surface area contributed by atoms with E-state index in [1.54, 1.807) is 63.2 Å². The Balaban J connectivity index is 1.49. The number of rotatable bonds is 13. The van der Waals surface area contributed by atoms with Crippen molar-refractivity contribution in [2.24, 2.45) is 18.9 Å². The number of hydrogen-bond donors (Lipinski definition) is 2. The minimum Gasteiger partial charge on any atom is -0.457 e. The molecule has 1 aromatic heterocycles. The smallest absolute Gasteiger partial charge is 0.247 e. The van der Waals surface area contributed by atoms with Crippen LogP contribution in [0.1, 0.15) is 63.9 Å². The zero-order valence-corrected chi connectivity index (χ0v) is 41.9. The molecule has 3 aromatic carbocycles. The Morgan fingerprint density at radius 3 is 2.15 bits per heavy atom. The van der Waals surface area contributed by atoms with Gasteiger partial charge in [0, 0.05) is 86.8 Å². The number of aromatic nitrogens is 2. The number of halogens is 2. The van der Waals surface area contributed by atoms with Gasteiger partial charge in [0.15, 0.2) is 0 Å². The molecule has 5 atom stereocenters. The van der Waals surface area contributed by atoms with Crippen molar-refractivity contribution in [2.45, 2.75) is 90.6 Å². The molecular formula is C50H66Cl2N8O7. The quantitative estimate of drug-likeness (QED) is 0.151. The highest BCUT2D eigenvalue weighted by Gasteiger charge is 2.36. The molecule has 362 valence electrons. The van der Waals surface area contributed by atoms with Crippen LogP contribution in [0.15, 0.2) is 72.9 Å². The number of amides is 5. The maximum atomic E-state index is 14.6. The van der Waals surface area contributed by atoms with E-state index in [2.05, 4.69) is 20.5 Å². The van der Waals surface area contributed by atoms with Gasteiger partial charge in [-0.2, -0.15) is 0 Å². The minimum absolute atomic E-state index is 0.0580. The highest BCUT2D eigenvalue weighted by molar-refractivity contribution is 6.31. The summed E-state index contributed by atoms with van der Waals surface area (Å²) >= 11 is 12.7. The predicted molar refractivity (Wildman–Crippen MR) is 261 cm³/mol. The summed E-state index contributed by atoms with van der Waals surface area (Å²) in [7, 11) is 10.7. The largest absolute Gasteiger partial charge is 0.457 e. The topological polar surface area (TPSA) is 159 Å². The van der Waals surface area contributed by atoms with Crippen LogP contribution in [0.5, 0.6) is 11.5 Å². The fourth-order valence-electron chi connectivity index (χ4n) is 8.22. The van der Waals surface area contributed by atoms with E-state index in [-0.39, 0.29) is 56.3 Å². The molecule has 1 fully saturated rings. The molecule has 67 heavy (non-hydrogen) atoms. The third-order valence-electron chi connectivity index (χ3n) is 12.2. The first kappa shape index (κ1) is 52.5. The second kappa shape index (κ2) is 24.0. The molecule has 5 amide bonds. The average Bonchev–Trinajstić information content (AvgIpc) is 3.64. The molecule has 2 N–H and O–H groups in total. The van der Waals surface area contributed by atoms with Gasteiger partial charge < -0.3 is 44.3 Å². The zero-order chi connectivity index (χ0) is 49.1. The van der Waals surface area contributed by atoms with Gasteiger partial charge in [0.2, 0.25) is 29.5 Å². The van der Waals surface area contributed by atoms with Crippen molar-refractivity contribution in [1.82, 2.24) is 39.8 Å². The van der Waals surface area contributed by atoms with Crippen LogP contribution in [0, 0.1) is 11.8 Å². The number of nitrogens with one attached hydrogen (secondary N) is 2. The number of imidazole rings is 1. The molecule has 4 aromatic rings. The van der Waals surface area contributed by atoms with Gasteiger partial charge in [-0.05, 0) is 93.9 Å². The lowest BCUT2D eigenvalue weighted by atomic mass is 9.98. The second-order valence-electron chi connectivity index (χ2n) is 18.2. The molecule has 1 aliphatic heterocycles. The van der Waals surface area contributed by atoms with Gasteiger partial charge in [-0.15, -0.1) is 0 Å². The molecule has 1 saturated heterocycles. The fourth-order valence-corrected chi connectivity index (χ4v) is 8.51. The molecule has 0 aliphatic carbocycles. The van der Waals surface area contributed by atoms with E-state index in [1.807, 2.05) is 82.2 Å². The summed E-state index contributed by atoms with van der Waals surface area (Å²) in [5.74, 6) is -1.01. The number of ether oxygens (including phenoxy) is 2. The van der Waals surface area contributed by atoms with Crippen LogP contribution in [-0.2, 0) is 55.3 Å². The van der Waals surface area contributed by atoms with Crippen LogP contribution >= 0.6 is 23.2 Å². The van der Waals surface area contributed by atoms with Crippen molar-refractivity contribution in [1.29, 1.82) is 0 Å². The van der Waals surface area contributed by atoms with Crippen LogP contribution < -0.4 is 15.4 Å². The normalized spacial score (nSPS) is 20.8. The van der Waals surface area contributed by atoms with E-state index >= 15 is 0 Å². The van der Waals surface area contributed by atoms with Gasteiger partial charge in [-0.1, -0.05) is 62.2 Å². The van der Waals surface area contributed by atoms with E-state index in [0.29, 0.717) is 46.5 Å². The second-order valence-corrected chi connectivity index (χ2v) is 19.1. The van der Waals surface area contributed by atoms with Gasteiger partial charge in [-0.25, -0.2) is 4.98 Å². The SMILES string of the molecule is COC[C@@H]1NC(=O)C(C)N(Cc2ccc(Cl)cc2Oc2ccc(-c3cnc(CN(C)C)n3C)cc2)C(=O)C[C@@H](C)C(=O)N(C)[C@@H](CC(C)C)CNC(=O)C[C@H](Cc2ccc(Cl)cc2)N(C)C1=O. The van der Waals surface area contributed by atoms with Crippen LogP contribution in [0.25, 0.3) is 11.3 Å². The lowest BCUT2D eigenvalue weighted by molar-refractivity contribution is -0.146. The number of benzene rings is 3. The number of hydrogen-bond acceptors (Lipinski definition) is 9. The standard InChI is InChI=1S/C50H66Cl2N8O7/c1-31(2)21-40-26-54-46(61)25-39(23-34-11-16-37(51)17-12-34)57(7)50(65)42(30-66-10)55-48(63)33(4)60(47(62)22-32(3)49(64)58(40)8)28-36-13-18-38(52)24-44(36)67-41-19-14-35(15-20-41)43-27-53-45(59(43)9)29-56(5)6/h11-20,24,27,31-33,39-40,42H,21-23,25-26,28-30H2,1-10H3,(H,54,61)(H,55,63)/t32-,33?,39+,40+,42+/m1/s1. The van der Waals surface area contributed by atoms with Crippen molar-refractivity contribution < 1.29 is 33.4 Å². The van der Waals surface area contributed by atoms with E-state index < -0.39 is 41.8 Å². The van der Waals surface area contributed by atoms with Gasteiger partial charge >= 0.3 is 0 Å². The Labute approximate surface area is 405 Å². The van der Waals surface area contributed by atoms with Crippen LogP contribution in [-0.4, -0.2) is 131 Å². The summed E-state index contributed by atoms with van der Waals surface area (Å²) in [5, 5.41) is 6.79. The monoisotopic (exact) mass is 960 g/mol. The van der Waals surface area contributed by atoms with Crippen LogP contribution in [0.2, 0.25) is 10.0 Å². The first-order valence-corrected chi connectivity index (χ1v) is 23.4. The molecule has 15 nitrogen and oxygen atoms in total. The van der Waals surface area contributed by atoms with Gasteiger partial charge in [-0.3, -0.25) is 24.0 Å². The van der Waals surface area contributed by atoms with E-state index in [4.69, 9.17) is 32.7 Å². The van der Waals surface area contributed by atoms with Crippen molar-refractivity contribution in [3.05, 3.63) is 99.9 Å². The number of methoxy groups -OCH3 is 1. The average molecular weight is 962 g/mol. The van der Waals surface area contributed by atoms with Gasteiger partial charge in [0.1, 0.15) is 29.4 Å². The molecule has 0 bridgehead atoms. The fraction of sp³-hybridized carbons (Fsp3) is 0.480. The minimum atomic E-state index is -1.18. The number of nitrogens with zero attached hydrogens (tertiary/aromatic N) is 6. The summed E-state index contributed by atoms with van der Waals surface area (Å²) in [4.78, 5) is 82.4. The van der Waals surface area contributed by atoms with Gasteiger partial charge in [0.05, 0.1) is 31.6 Å². The lowest BCUT2D eigenvalue weighted by Gasteiger charge is -2.35. The van der Waals surface area contributed by atoms with Crippen LogP contribution in [0.4, 0.5) is 0 Å². The summed E-state index contributed by atoms with van der Waals surface area (Å²) in [6.07, 6.45) is 2.44. The summed E-state index contributed by atoms with van der Waals surface area (Å²) in [6.45, 7) is 7.90. The molecule has 0 radical (unpaired) electrons. The Morgan fingerprint density at radius 1 is 0.851 bits per heavy atom. The molecule has 17 heteroatoms. The van der Waals surface area contributed by atoms with Crippen molar-refractivity contribution in [3.8, 4) is 22.8 Å². The van der Waals surface area contributed by atoms with Crippen molar-refractivity contribution >= 4 is 52.7 Å². The van der Waals surface area contributed by atoms with Gasteiger partial charge in [0.25, 0.3) is 0 Å². The van der Waals surface area contributed by atoms with Crippen molar-refractivity contribution in [2.75, 3.05) is 48.5 Å². The maximum Gasteiger partial charge on any atom is 0.247 e. The summed E-state index contributed by atoms with van der Waals surface area (Å²) in [6, 6.07) is 16.4. The number of likely N-dealkylation sites (N-methyl/N-ethyl adjacent to an activating group) is 2. The van der Waals surface area contributed by atoms with E-state index in [9.17, 15) is 24.0 Å². The van der Waals surface area contributed by atoms with Crippen molar-refractivity contribution in [3.63, 3.8) is 0 Å². The molecular weight excluding hydrogens is 896 g/mol.